The molecule has 3 nitrogen and oxygen atoms in total. The molecule has 3 heteroatoms. The van der Waals surface area contributed by atoms with Gasteiger partial charge in [0.1, 0.15) is 5.75 Å². The first-order valence-electron chi connectivity index (χ1n) is 4.97. The van der Waals surface area contributed by atoms with E-state index in [9.17, 15) is 0 Å². The Labute approximate surface area is 85.0 Å². The van der Waals surface area contributed by atoms with Gasteiger partial charge in [-0.3, -0.25) is 0 Å². The normalized spacial score (nSPS) is 12.5. The number of benzene rings is 1. The van der Waals surface area contributed by atoms with Crippen molar-refractivity contribution in [2.75, 3.05) is 13.2 Å². The highest BCUT2D eigenvalue weighted by Crippen LogP contribution is 2.22. The van der Waals surface area contributed by atoms with Crippen LogP contribution in [0.25, 0.3) is 0 Å². The molecule has 0 amide bonds. The van der Waals surface area contributed by atoms with Crippen molar-refractivity contribution in [3.05, 3.63) is 29.8 Å². The van der Waals surface area contributed by atoms with Crippen molar-refractivity contribution in [3.63, 3.8) is 0 Å². The van der Waals surface area contributed by atoms with Crippen LogP contribution in [0, 0.1) is 0 Å². The predicted molar refractivity (Wildman–Crippen MR) is 58.2 cm³/mol. The predicted octanol–water partition coefficient (Wildman–Crippen LogP) is 1.43. The molecule has 14 heavy (non-hydrogen) atoms. The summed E-state index contributed by atoms with van der Waals surface area (Å²) in [5.74, 6) is 0.854. The van der Waals surface area contributed by atoms with Crippen molar-refractivity contribution < 1.29 is 4.74 Å². The topological polar surface area (TPSA) is 61.3 Å². The highest BCUT2D eigenvalue weighted by molar-refractivity contribution is 5.35. The first-order valence-corrected chi connectivity index (χ1v) is 4.97. The second-order valence-corrected chi connectivity index (χ2v) is 3.23. The third-order valence-electron chi connectivity index (χ3n) is 2.03. The Kier molecular flexibility index (Phi) is 4.43. The molecule has 0 aliphatic carbocycles. The molecular weight excluding hydrogens is 176 g/mol. The van der Waals surface area contributed by atoms with Crippen LogP contribution < -0.4 is 16.2 Å². The van der Waals surface area contributed by atoms with E-state index in [1.165, 1.54) is 0 Å². The van der Waals surface area contributed by atoms with E-state index < -0.39 is 0 Å². The molecule has 0 fully saturated rings. The zero-order valence-corrected chi connectivity index (χ0v) is 8.57. The van der Waals surface area contributed by atoms with E-state index in [4.69, 9.17) is 16.2 Å². The van der Waals surface area contributed by atoms with E-state index in [1.807, 2.05) is 24.3 Å². The van der Waals surface area contributed by atoms with Gasteiger partial charge in [-0.05, 0) is 12.5 Å². The van der Waals surface area contributed by atoms with Crippen LogP contribution in [0.5, 0.6) is 5.75 Å². The molecule has 78 valence electrons. The van der Waals surface area contributed by atoms with E-state index in [0.29, 0.717) is 13.2 Å². The van der Waals surface area contributed by atoms with Gasteiger partial charge < -0.3 is 16.2 Å². The van der Waals surface area contributed by atoms with Crippen molar-refractivity contribution in [2.24, 2.45) is 11.5 Å². The van der Waals surface area contributed by atoms with Crippen LogP contribution >= 0.6 is 0 Å². The molecule has 1 aromatic rings. The Balaban J connectivity index is 2.79. The molecule has 0 radical (unpaired) electrons. The summed E-state index contributed by atoms with van der Waals surface area (Å²) >= 11 is 0. The molecule has 0 aliphatic heterocycles. The van der Waals surface area contributed by atoms with Crippen LogP contribution in [-0.2, 0) is 0 Å². The number of nitrogens with two attached hydrogens (primary N) is 2. The summed E-state index contributed by atoms with van der Waals surface area (Å²) in [5.41, 5.74) is 12.4. The molecule has 4 N–H and O–H groups in total. The number of ether oxygens (including phenoxy) is 1. The van der Waals surface area contributed by atoms with Gasteiger partial charge >= 0.3 is 0 Å². The molecule has 0 heterocycles. The van der Waals surface area contributed by atoms with Crippen molar-refractivity contribution >= 4 is 0 Å². The fraction of sp³-hybridized carbons (Fsp3) is 0.455. The zero-order valence-electron chi connectivity index (χ0n) is 8.57. The van der Waals surface area contributed by atoms with Gasteiger partial charge in [0.2, 0.25) is 0 Å². The fourth-order valence-corrected chi connectivity index (χ4v) is 1.26. The van der Waals surface area contributed by atoms with E-state index in [2.05, 4.69) is 6.92 Å². The molecule has 1 atom stereocenters. The Bertz CT molecular complexity index is 276. The smallest absolute Gasteiger partial charge is 0.124 e. The first-order chi connectivity index (χ1) is 6.79. The summed E-state index contributed by atoms with van der Waals surface area (Å²) in [7, 11) is 0. The average Bonchev–Trinajstić information content (AvgIpc) is 2.25. The molecule has 0 aromatic heterocycles. The van der Waals surface area contributed by atoms with Crippen molar-refractivity contribution in [3.8, 4) is 5.75 Å². The van der Waals surface area contributed by atoms with Gasteiger partial charge in [-0.15, -0.1) is 0 Å². The lowest BCUT2D eigenvalue weighted by Crippen LogP contribution is -2.21. The summed E-state index contributed by atoms with van der Waals surface area (Å²) in [6, 6.07) is 7.65. The monoisotopic (exact) mass is 194 g/mol. The lowest BCUT2D eigenvalue weighted by Gasteiger charge is -2.14. The maximum Gasteiger partial charge on any atom is 0.124 e. The molecule has 0 spiro atoms. The second kappa shape index (κ2) is 5.62. The molecule has 1 aromatic carbocycles. The Hall–Kier alpha value is -1.06. The van der Waals surface area contributed by atoms with Crippen LogP contribution in [0.15, 0.2) is 24.3 Å². The molecular formula is C11H18N2O. The lowest BCUT2D eigenvalue weighted by atomic mass is 10.1. The van der Waals surface area contributed by atoms with E-state index >= 15 is 0 Å². The largest absolute Gasteiger partial charge is 0.493 e. The lowest BCUT2D eigenvalue weighted by molar-refractivity contribution is 0.312. The van der Waals surface area contributed by atoms with Crippen molar-refractivity contribution in [1.82, 2.24) is 0 Å². The SMILES string of the molecule is CCCOc1ccccc1[C@@H](N)CN. The third kappa shape index (κ3) is 2.72. The van der Waals surface area contributed by atoms with Crippen LogP contribution in [0.2, 0.25) is 0 Å². The summed E-state index contributed by atoms with van der Waals surface area (Å²) in [6.07, 6.45) is 0.992. The van der Waals surface area contributed by atoms with Crippen LogP contribution in [0.4, 0.5) is 0 Å². The van der Waals surface area contributed by atoms with Gasteiger partial charge in [0.05, 0.1) is 6.61 Å². The third-order valence-corrected chi connectivity index (χ3v) is 2.03. The van der Waals surface area contributed by atoms with Gasteiger partial charge in [-0.25, -0.2) is 0 Å². The minimum atomic E-state index is -0.136. The summed E-state index contributed by atoms with van der Waals surface area (Å²) in [6.45, 7) is 3.23. The summed E-state index contributed by atoms with van der Waals surface area (Å²) < 4.78 is 5.57. The van der Waals surface area contributed by atoms with Gasteiger partial charge in [0.25, 0.3) is 0 Å². The summed E-state index contributed by atoms with van der Waals surface area (Å²) in [4.78, 5) is 0. The first kappa shape index (κ1) is 11.0. The minimum absolute atomic E-state index is 0.136. The molecule has 0 unspecified atom stereocenters. The van der Waals surface area contributed by atoms with Gasteiger partial charge in [0.15, 0.2) is 0 Å². The van der Waals surface area contributed by atoms with Gasteiger partial charge in [-0.2, -0.15) is 0 Å². The van der Waals surface area contributed by atoms with Crippen LogP contribution in [-0.4, -0.2) is 13.2 Å². The number of hydrogen-bond acceptors (Lipinski definition) is 3. The van der Waals surface area contributed by atoms with Crippen LogP contribution in [0.3, 0.4) is 0 Å². The van der Waals surface area contributed by atoms with Crippen molar-refractivity contribution in [2.45, 2.75) is 19.4 Å². The van der Waals surface area contributed by atoms with E-state index in [0.717, 1.165) is 17.7 Å². The fourth-order valence-electron chi connectivity index (χ4n) is 1.26. The zero-order chi connectivity index (χ0) is 10.4. The minimum Gasteiger partial charge on any atom is -0.493 e. The number of para-hydroxylation sites is 1. The van der Waals surface area contributed by atoms with E-state index in [1.54, 1.807) is 0 Å². The molecule has 0 saturated heterocycles. The quantitative estimate of drug-likeness (QED) is 0.745. The van der Waals surface area contributed by atoms with Crippen molar-refractivity contribution in [1.29, 1.82) is 0 Å². The molecule has 1 rings (SSSR count). The van der Waals surface area contributed by atoms with E-state index in [-0.39, 0.29) is 6.04 Å². The standard InChI is InChI=1S/C11H18N2O/c1-2-7-14-11-6-4-3-5-9(11)10(13)8-12/h3-6,10H,2,7-8,12-13H2,1H3/t10-/m0/s1. The highest BCUT2D eigenvalue weighted by atomic mass is 16.5. The maximum atomic E-state index is 5.86. The number of hydrogen-bond donors (Lipinski definition) is 2. The second-order valence-electron chi connectivity index (χ2n) is 3.23. The number of rotatable bonds is 5. The maximum absolute atomic E-state index is 5.86. The van der Waals surface area contributed by atoms with Crippen LogP contribution in [0.1, 0.15) is 24.9 Å². The Morgan fingerprint density at radius 3 is 2.71 bits per heavy atom. The molecule has 0 aliphatic rings. The molecule has 0 saturated carbocycles. The molecule has 0 bridgehead atoms. The van der Waals surface area contributed by atoms with Gasteiger partial charge in [-0.1, -0.05) is 25.1 Å². The average molecular weight is 194 g/mol. The Morgan fingerprint density at radius 2 is 2.07 bits per heavy atom. The highest BCUT2D eigenvalue weighted by Gasteiger charge is 2.09. The van der Waals surface area contributed by atoms with Gasteiger partial charge in [0, 0.05) is 18.2 Å². The Morgan fingerprint density at radius 1 is 1.36 bits per heavy atom. The summed E-state index contributed by atoms with van der Waals surface area (Å²) in [5, 5.41) is 0.